The highest BCUT2D eigenvalue weighted by molar-refractivity contribution is 5.84. The highest BCUT2D eigenvalue weighted by atomic mass is 16.6. The number of nitrogens with one attached hydrogen (secondary N) is 1. The first-order valence-corrected chi connectivity index (χ1v) is 6.17. The van der Waals surface area contributed by atoms with E-state index in [0.29, 0.717) is 17.7 Å². The molecule has 1 aromatic rings. The van der Waals surface area contributed by atoms with E-state index in [1.807, 2.05) is 0 Å². The number of nitro benzene ring substituents is 1. The number of nitro groups is 1. The summed E-state index contributed by atoms with van der Waals surface area (Å²) in [5.41, 5.74) is 5.05. The number of nitrogens with zero attached hydrogens (tertiary/aromatic N) is 1. The van der Waals surface area contributed by atoms with E-state index in [1.165, 1.54) is 12.1 Å². The molecular weight excluding hydrogens is 262 g/mol. The zero-order chi connectivity index (χ0) is 15.3. The van der Waals surface area contributed by atoms with Crippen LogP contribution >= 0.6 is 0 Å². The number of nitrogens with two attached hydrogens (primary N) is 1. The Bertz CT molecular complexity index is 518. The number of carbonyl (C=O) groups excluding carboxylic acids is 1. The van der Waals surface area contributed by atoms with E-state index >= 15 is 0 Å². The Labute approximate surface area is 117 Å². The van der Waals surface area contributed by atoms with Crippen molar-refractivity contribution in [2.45, 2.75) is 25.8 Å². The molecule has 0 saturated heterocycles. The molecule has 1 rings (SSSR count). The fraction of sp³-hybridized carbons (Fsp3) is 0.462. The van der Waals surface area contributed by atoms with Crippen molar-refractivity contribution in [3.63, 3.8) is 0 Å². The van der Waals surface area contributed by atoms with Crippen LogP contribution in [0.15, 0.2) is 18.2 Å². The number of amides is 1. The zero-order valence-electron chi connectivity index (χ0n) is 11.8. The van der Waals surface area contributed by atoms with Gasteiger partial charge in [-0.05, 0) is 33.0 Å². The summed E-state index contributed by atoms with van der Waals surface area (Å²) in [7, 11) is 1.65. The van der Waals surface area contributed by atoms with Crippen LogP contribution in [0.5, 0.6) is 5.75 Å². The molecule has 3 N–H and O–H groups in total. The van der Waals surface area contributed by atoms with Gasteiger partial charge in [-0.2, -0.15) is 0 Å². The molecule has 1 amide bonds. The molecule has 0 saturated carbocycles. The summed E-state index contributed by atoms with van der Waals surface area (Å²) in [6, 6.07) is 4.53. The lowest BCUT2D eigenvalue weighted by molar-refractivity contribution is -0.385. The van der Waals surface area contributed by atoms with Gasteiger partial charge in [0.25, 0.3) is 5.69 Å². The summed E-state index contributed by atoms with van der Waals surface area (Å²) in [6.45, 7) is 3.61. The van der Waals surface area contributed by atoms with Crippen molar-refractivity contribution in [1.82, 2.24) is 5.32 Å². The third-order valence-electron chi connectivity index (χ3n) is 3.33. The van der Waals surface area contributed by atoms with Crippen molar-refractivity contribution in [3.05, 3.63) is 33.9 Å². The molecule has 1 aromatic carbocycles. The molecule has 0 aliphatic rings. The fourth-order valence-electron chi connectivity index (χ4n) is 1.67. The van der Waals surface area contributed by atoms with Crippen molar-refractivity contribution < 1.29 is 14.5 Å². The maximum Gasteiger partial charge on any atom is 0.272 e. The van der Waals surface area contributed by atoms with Crippen molar-refractivity contribution >= 4 is 11.6 Å². The Morgan fingerprint density at radius 1 is 1.55 bits per heavy atom. The summed E-state index contributed by atoms with van der Waals surface area (Å²) in [5.74, 6) is 0.0690. The first-order chi connectivity index (χ1) is 9.30. The molecule has 0 aliphatic heterocycles. The van der Waals surface area contributed by atoms with Gasteiger partial charge in [-0.1, -0.05) is 0 Å². The van der Waals surface area contributed by atoms with Gasteiger partial charge in [0.15, 0.2) is 0 Å². The normalized spacial score (nSPS) is 13.6. The second-order valence-corrected chi connectivity index (χ2v) is 4.75. The lowest BCUT2D eigenvalue weighted by Gasteiger charge is -2.25. The van der Waals surface area contributed by atoms with E-state index in [-0.39, 0.29) is 12.3 Å². The summed E-state index contributed by atoms with van der Waals surface area (Å²) >= 11 is 0. The van der Waals surface area contributed by atoms with Crippen LogP contribution in [0, 0.1) is 17.0 Å². The van der Waals surface area contributed by atoms with E-state index < -0.39 is 16.4 Å². The maximum absolute atomic E-state index is 11.3. The van der Waals surface area contributed by atoms with Crippen LogP contribution in [-0.4, -0.2) is 30.0 Å². The van der Waals surface area contributed by atoms with Crippen LogP contribution in [0.25, 0.3) is 0 Å². The molecule has 0 radical (unpaired) electrons. The number of hydrogen-bond donors (Lipinski definition) is 2. The third kappa shape index (κ3) is 3.67. The molecule has 7 heteroatoms. The van der Waals surface area contributed by atoms with Gasteiger partial charge >= 0.3 is 0 Å². The Hall–Kier alpha value is -2.15. The molecule has 1 unspecified atom stereocenters. The summed E-state index contributed by atoms with van der Waals surface area (Å²) < 4.78 is 5.50. The van der Waals surface area contributed by atoms with E-state index in [0.717, 1.165) is 0 Å². The second-order valence-electron chi connectivity index (χ2n) is 4.75. The molecule has 0 spiro atoms. The average molecular weight is 281 g/mol. The van der Waals surface area contributed by atoms with E-state index in [4.69, 9.17) is 10.5 Å². The summed E-state index contributed by atoms with van der Waals surface area (Å²) in [4.78, 5) is 21.6. The minimum Gasteiger partial charge on any atom is -0.493 e. The first kappa shape index (κ1) is 15.9. The second kappa shape index (κ2) is 6.33. The van der Waals surface area contributed by atoms with Gasteiger partial charge in [-0.25, -0.2) is 0 Å². The number of rotatable bonds is 7. The topological polar surface area (TPSA) is 107 Å². The fourth-order valence-corrected chi connectivity index (χ4v) is 1.67. The van der Waals surface area contributed by atoms with Crippen LogP contribution in [0.4, 0.5) is 5.69 Å². The van der Waals surface area contributed by atoms with Gasteiger partial charge in [-0.15, -0.1) is 0 Å². The highest BCUT2D eigenvalue weighted by Crippen LogP contribution is 2.23. The Balaban J connectivity index is 2.65. The number of carbonyl (C=O) groups is 1. The number of primary amides is 1. The first-order valence-electron chi connectivity index (χ1n) is 6.17. The molecule has 1 atom stereocenters. The van der Waals surface area contributed by atoms with Gasteiger partial charge < -0.3 is 15.8 Å². The Morgan fingerprint density at radius 3 is 2.65 bits per heavy atom. The molecule has 7 nitrogen and oxygen atoms in total. The standard InChI is InChI=1S/C13H19N3O4/c1-9-8-10(4-5-11(9)16(18)19)20-7-6-13(2,15-3)12(14)17/h4-5,8,15H,6-7H2,1-3H3,(H2,14,17). The van der Waals surface area contributed by atoms with E-state index in [2.05, 4.69) is 5.32 Å². The van der Waals surface area contributed by atoms with Gasteiger partial charge in [-0.3, -0.25) is 14.9 Å². The predicted octanol–water partition coefficient (Wildman–Crippen LogP) is 1.14. The third-order valence-corrected chi connectivity index (χ3v) is 3.33. The molecule has 0 aromatic heterocycles. The lowest BCUT2D eigenvalue weighted by Crippen LogP contribution is -2.52. The summed E-state index contributed by atoms with van der Waals surface area (Å²) in [6.07, 6.45) is 0.398. The van der Waals surface area contributed by atoms with E-state index in [9.17, 15) is 14.9 Å². The van der Waals surface area contributed by atoms with Crippen LogP contribution in [-0.2, 0) is 4.79 Å². The van der Waals surface area contributed by atoms with Crippen molar-refractivity contribution in [1.29, 1.82) is 0 Å². The van der Waals surface area contributed by atoms with Gasteiger partial charge in [0, 0.05) is 18.1 Å². The predicted molar refractivity (Wildman–Crippen MR) is 74.6 cm³/mol. The number of benzene rings is 1. The number of hydrogen-bond acceptors (Lipinski definition) is 5. The quantitative estimate of drug-likeness (QED) is 0.575. The SMILES string of the molecule is CNC(C)(CCOc1ccc([N+](=O)[O-])c(C)c1)C(N)=O. The highest BCUT2D eigenvalue weighted by Gasteiger charge is 2.28. The van der Waals surface area contributed by atoms with E-state index in [1.54, 1.807) is 27.0 Å². The van der Waals surface area contributed by atoms with Crippen LogP contribution < -0.4 is 15.8 Å². The number of aryl methyl sites for hydroxylation is 1. The Morgan fingerprint density at radius 2 is 2.20 bits per heavy atom. The molecule has 0 bridgehead atoms. The zero-order valence-corrected chi connectivity index (χ0v) is 11.8. The molecule has 110 valence electrons. The van der Waals surface area contributed by atoms with Crippen LogP contribution in [0.3, 0.4) is 0 Å². The van der Waals surface area contributed by atoms with Crippen LogP contribution in [0.1, 0.15) is 18.9 Å². The van der Waals surface area contributed by atoms with Crippen molar-refractivity contribution in [2.75, 3.05) is 13.7 Å². The molecular formula is C13H19N3O4. The Kier molecular flexibility index (Phi) is 5.04. The van der Waals surface area contributed by atoms with Crippen molar-refractivity contribution in [2.24, 2.45) is 5.73 Å². The van der Waals surface area contributed by atoms with Crippen molar-refractivity contribution in [3.8, 4) is 5.75 Å². The monoisotopic (exact) mass is 281 g/mol. The minimum absolute atomic E-state index is 0.0505. The molecule has 20 heavy (non-hydrogen) atoms. The minimum atomic E-state index is -0.837. The van der Waals surface area contributed by atoms with Gasteiger partial charge in [0.2, 0.25) is 5.91 Å². The smallest absolute Gasteiger partial charge is 0.272 e. The lowest BCUT2D eigenvalue weighted by atomic mass is 9.98. The molecule has 0 aliphatic carbocycles. The number of ether oxygens (including phenoxy) is 1. The molecule has 0 fully saturated rings. The summed E-state index contributed by atoms with van der Waals surface area (Å²) in [5, 5.41) is 13.6. The van der Waals surface area contributed by atoms with Gasteiger partial charge in [0.05, 0.1) is 17.1 Å². The maximum atomic E-state index is 11.3. The van der Waals surface area contributed by atoms with Gasteiger partial charge in [0.1, 0.15) is 5.75 Å². The largest absolute Gasteiger partial charge is 0.493 e. The number of likely N-dealkylation sites (N-methyl/N-ethyl adjacent to an activating group) is 1. The molecule has 0 heterocycles. The average Bonchev–Trinajstić information content (AvgIpc) is 2.37. The van der Waals surface area contributed by atoms with Crippen LogP contribution in [0.2, 0.25) is 0 Å².